The summed E-state index contributed by atoms with van der Waals surface area (Å²) in [5.74, 6) is 2.34. The fraction of sp³-hybridized carbons (Fsp3) is 0.500. The predicted molar refractivity (Wildman–Crippen MR) is 80.3 cm³/mol. The van der Waals surface area contributed by atoms with Crippen LogP contribution in [0.1, 0.15) is 33.4 Å². The Morgan fingerprint density at radius 1 is 1.20 bits per heavy atom. The summed E-state index contributed by atoms with van der Waals surface area (Å²) < 4.78 is 16.8. The molecule has 1 aromatic rings. The van der Waals surface area contributed by atoms with E-state index in [1.165, 1.54) is 0 Å². The van der Waals surface area contributed by atoms with Crippen molar-refractivity contribution in [2.24, 2.45) is 0 Å². The number of ether oxygens (including phenoxy) is 1. The van der Waals surface area contributed by atoms with Crippen molar-refractivity contribution < 1.29 is 14.0 Å². The summed E-state index contributed by atoms with van der Waals surface area (Å²) in [7, 11) is 1.16. The molecular weight excluding hydrogens is 255 g/mol. The van der Waals surface area contributed by atoms with Crippen LogP contribution in [0.4, 0.5) is 5.69 Å². The molecule has 1 saturated heterocycles. The molecule has 1 fully saturated rings. The first-order valence-corrected chi connectivity index (χ1v) is 6.59. The molecule has 0 amide bonds. The molecule has 0 atom stereocenters. The van der Waals surface area contributed by atoms with Crippen LogP contribution < -0.4 is 10.5 Å². The topological polar surface area (TPSA) is 66.6 Å². The highest BCUT2D eigenvalue weighted by molar-refractivity contribution is 6.52. The third kappa shape index (κ3) is 2.81. The molecule has 20 heavy (non-hydrogen) atoms. The monoisotopic (exact) mass is 276 g/mol. The number of hydrogen-bond donors (Lipinski definition) is 1. The van der Waals surface area contributed by atoms with Crippen molar-refractivity contribution >= 4 is 18.9 Å². The zero-order valence-corrected chi connectivity index (χ0v) is 12.6. The minimum atomic E-state index is -0.410. The van der Waals surface area contributed by atoms with E-state index in [1.807, 2.05) is 33.7 Å². The molecule has 2 N–H and O–H groups in total. The Morgan fingerprint density at radius 2 is 1.80 bits per heavy atom. The first kappa shape index (κ1) is 14.9. The van der Waals surface area contributed by atoms with Crippen molar-refractivity contribution in [1.82, 2.24) is 4.98 Å². The van der Waals surface area contributed by atoms with Crippen LogP contribution in [0, 0.1) is 0 Å². The lowest BCUT2D eigenvalue weighted by molar-refractivity contribution is 0.00578. The van der Waals surface area contributed by atoms with Gasteiger partial charge in [0.15, 0.2) is 0 Å². The van der Waals surface area contributed by atoms with Crippen LogP contribution in [-0.2, 0) is 9.31 Å². The molecule has 0 radical (unpaired) electrons. The molecule has 108 valence electrons. The van der Waals surface area contributed by atoms with Gasteiger partial charge in [-0.15, -0.1) is 0 Å². The summed E-state index contributed by atoms with van der Waals surface area (Å²) in [6.07, 6.45) is 1.79. The smallest absolute Gasteiger partial charge is 0.481 e. The van der Waals surface area contributed by atoms with Gasteiger partial charge in [-0.3, -0.25) is 0 Å². The maximum absolute atomic E-state index is 5.88. The Kier molecular flexibility index (Phi) is 3.80. The number of hydrogen-bond acceptors (Lipinski definition) is 5. The van der Waals surface area contributed by atoms with E-state index in [0.717, 1.165) is 0 Å². The number of nitrogens with two attached hydrogens (primary N) is 1. The van der Waals surface area contributed by atoms with E-state index in [9.17, 15) is 0 Å². The zero-order valence-electron chi connectivity index (χ0n) is 12.6. The van der Waals surface area contributed by atoms with Crippen molar-refractivity contribution in [3.63, 3.8) is 0 Å². The maximum Gasteiger partial charge on any atom is 0.487 e. The molecule has 5 nitrogen and oxygen atoms in total. The van der Waals surface area contributed by atoms with E-state index >= 15 is 0 Å². The molecule has 0 spiro atoms. The van der Waals surface area contributed by atoms with E-state index in [2.05, 4.69) is 4.98 Å². The molecule has 2 heterocycles. The molecule has 2 rings (SSSR count). The van der Waals surface area contributed by atoms with Crippen LogP contribution in [0.25, 0.3) is 6.08 Å². The number of nitrogen functional groups attached to an aromatic ring is 1. The fourth-order valence-electron chi connectivity index (χ4n) is 1.85. The summed E-state index contributed by atoms with van der Waals surface area (Å²) >= 11 is 0. The SMILES string of the molecule is COc1ccc(N)c(/C=C/B2OC(C)(C)C(C)(C)O2)n1. The molecule has 0 aliphatic carbocycles. The van der Waals surface area contributed by atoms with E-state index < -0.39 is 7.12 Å². The lowest BCUT2D eigenvalue weighted by Gasteiger charge is -2.32. The summed E-state index contributed by atoms with van der Waals surface area (Å²) in [4.78, 5) is 4.28. The van der Waals surface area contributed by atoms with Gasteiger partial charge in [0.05, 0.1) is 29.7 Å². The Balaban J connectivity index is 2.15. The Morgan fingerprint density at radius 3 is 2.35 bits per heavy atom. The molecule has 0 bridgehead atoms. The van der Waals surface area contributed by atoms with Gasteiger partial charge in [-0.2, -0.15) is 0 Å². The number of anilines is 1. The highest BCUT2D eigenvalue weighted by Crippen LogP contribution is 2.37. The second-order valence-electron chi connectivity index (χ2n) is 5.81. The normalized spacial score (nSPS) is 20.6. The second kappa shape index (κ2) is 5.11. The van der Waals surface area contributed by atoms with Crippen LogP contribution in [-0.4, -0.2) is 30.4 Å². The standard InChI is InChI=1S/C14H21BN2O3/c1-13(2)14(3,4)20-15(19-13)9-8-11-10(16)6-7-12(17-11)18-5/h6-9H,16H2,1-5H3/b9-8+. The summed E-state index contributed by atoms with van der Waals surface area (Å²) in [5, 5.41) is 0. The highest BCUT2D eigenvalue weighted by atomic mass is 16.7. The third-order valence-electron chi connectivity index (χ3n) is 3.82. The molecular formula is C14H21BN2O3. The largest absolute Gasteiger partial charge is 0.487 e. The molecule has 1 aromatic heterocycles. The number of rotatable bonds is 3. The molecule has 1 aliphatic rings. The second-order valence-corrected chi connectivity index (χ2v) is 5.81. The average molecular weight is 276 g/mol. The van der Waals surface area contributed by atoms with E-state index in [4.69, 9.17) is 19.8 Å². The van der Waals surface area contributed by atoms with Crippen LogP contribution >= 0.6 is 0 Å². The van der Waals surface area contributed by atoms with Gasteiger partial charge in [-0.1, -0.05) is 5.98 Å². The Bertz CT molecular complexity index is 513. The van der Waals surface area contributed by atoms with Gasteiger partial charge in [0.25, 0.3) is 0 Å². The lowest BCUT2D eigenvalue weighted by atomic mass is 9.89. The van der Waals surface area contributed by atoms with Gasteiger partial charge in [0.2, 0.25) is 5.88 Å². The minimum Gasteiger partial charge on any atom is -0.481 e. The fourth-order valence-corrected chi connectivity index (χ4v) is 1.85. The van der Waals surface area contributed by atoms with Crippen LogP contribution in [0.15, 0.2) is 18.1 Å². The Hall–Kier alpha value is -1.53. The zero-order chi connectivity index (χ0) is 15.0. The van der Waals surface area contributed by atoms with Crippen molar-refractivity contribution in [3.05, 3.63) is 23.8 Å². The summed E-state index contributed by atoms with van der Waals surface area (Å²) in [6.45, 7) is 8.05. The van der Waals surface area contributed by atoms with Crippen LogP contribution in [0.5, 0.6) is 5.88 Å². The first-order chi connectivity index (χ1) is 9.25. The van der Waals surface area contributed by atoms with Gasteiger partial charge in [0.1, 0.15) is 0 Å². The Labute approximate surface area is 120 Å². The lowest BCUT2D eigenvalue weighted by Crippen LogP contribution is -2.41. The quantitative estimate of drug-likeness (QED) is 0.858. The van der Waals surface area contributed by atoms with Gasteiger partial charge in [-0.05, 0) is 39.8 Å². The van der Waals surface area contributed by atoms with Gasteiger partial charge in [-0.25, -0.2) is 4.98 Å². The number of aromatic nitrogens is 1. The van der Waals surface area contributed by atoms with Crippen LogP contribution in [0.2, 0.25) is 0 Å². The average Bonchev–Trinajstić information content (AvgIpc) is 2.57. The van der Waals surface area contributed by atoms with Gasteiger partial charge < -0.3 is 19.8 Å². The molecule has 0 aromatic carbocycles. The predicted octanol–water partition coefficient (Wildman–Crippen LogP) is 2.32. The summed E-state index contributed by atoms with van der Waals surface area (Å²) in [6, 6.07) is 3.48. The molecule has 6 heteroatoms. The molecule has 0 unspecified atom stereocenters. The van der Waals surface area contributed by atoms with E-state index in [1.54, 1.807) is 25.3 Å². The third-order valence-corrected chi connectivity index (χ3v) is 3.82. The number of nitrogens with zero attached hydrogens (tertiary/aromatic N) is 1. The minimum absolute atomic E-state index is 0.352. The first-order valence-electron chi connectivity index (χ1n) is 6.59. The van der Waals surface area contributed by atoms with E-state index in [0.29, 0.717) is 17.3 Å². The van der Waals surface area contributed by atoms with Crippen LogP contribution in [0.3, 0.4) is 0 Å². The van der Waals surface area contributed by atoms with Crippen molar-refractivity contribution in [1.29, 1.82) is 0 Å². The molecule has 0 saturated carbocycles. The van der Waals surface area contributed by atoms with Crippen molar-refractivity contribution in [3.8, 4) is 5.88 Å². The summed E-state index contributed by atoms with van der Waals surface area (Å²) in [5.41, 5.74) is 6.40. The number of pyridine rings is 1. The van der Waals surface area contributed by atoms with Gasteiger partial charge in [0, 0.05) is 6.07 Å². The van der Waals surface area contributed by atoms with Crippen molar-refractivity contribution in [2.45, 2.75) is 38.9 Å². The van der Waals surface area contributed by atoms with E-state index in [-0.39, 0.29) is 11.2 Å². The number of methoxy groups -OCH3 is 1. The maximum atomic E-state index is 5.88. The molecule has 1 aliphatic heterocycles. The van der Waals surface area contributed by atoms with Gasteiger partial charge >= 0.3 is 7.12 Å². The highest BCUT2D eigenvalue weighted by Gasteiger charge is 2.50. The van der Waals surface area contributed by atoms with Crippen molar-refractivity contribution in [2.75, 3.05) is 12.8 Å².